The molecule has 0 unspecified atom stereocenters. The number of piperidine rings is 1. The van der Waals surface area contributed by atoms with Crippen LogP contribution in [0.25, 0.3) is 0 Å². The summed E-state index contributed by atoms with van der Waals surface area (Å²) in [5.74, 6) is 1.43. The highest BCUT2D eigenvalue weighted by Crippen LogP contribution is 2.37. The number of carbonyl (C=O) groups excluding carboxylic acids is 1. The van der Waals surface area contributed by atoms with Crippen LogP contribution in [0.15, 0.2) is 42.5 Å². The zero-order valence-electron chi connectivity index (χ0n) is 21.5. The predicted octanol–water partition coefficient (Wildman–Crippen LogP) is 5.78. The van der Waals surface area contributed by atoms with Gasteiger partial charge in [0.15, 0.2) is 0 Å². The molecule has 0 radical (unpaired) electrons. The molecule has 0 bridgehead atoms. The Morgan fingerprint density at radius 2 is 1.69 bits per heavy atom. The summed E-state index contributed by atoms with van der Waals surface area (Å²) in [6.45, 7) is 6.98. The normalized spacial score (nSPS) is 18.8. The molecule has 2 saturated heterocycles. The average Bonchev–Trinajstić information content (AvgIpc) is 3.41. The van der Waals surface area contributed by atoms with Crippen LogP contribution in [0.4, 0.5) is 0 Å². The molecule has 0 aromatic heterocycles. The predicted molar refractivity (Wildman–Crippen MR) is 148 cm³/mol. The molecular formula is C29H39Cl2N3O2. The van der Waals surface area contributed by atoms with E-state index in [2.05, 4.69) is 23.2 Å². The molecule has 2 fully saturated rings. The molecule has 2 aliphatic rings. The van der Waals surface area contributed by atoms with Gasteiger partial charge in [-0.3, -0.25) is 9.69 Å². The number of rotatable bonds is 10. The van der Waals surface area contributed by atoms with Gasteiger partial charge >= 0.3 is 0 Å². The van der Waals surface area contributed by atoms with E-state index in [-0.39, 0.29) is 18.1 Å². The Kier molecular flexibility index (Phi) is 9.95. The highest BCUT2D eigenvalue weighted by molar-refractivity contribution is 6.30. The van der Waals surface area contributed by atoms with E-state index in [1.165, 1.54) is 31.5 Å². The summed E-state index contributed by atoms with van der Waals surface area (Å²) in [6.07, 6.45) is 6.18. The van der Waals surface area contributed by atoms with Crippen LogP contribution in [0, 0.1) is 0 Å². The van der Waals surface area contributed by atoms with Gasteiger partial charge in [-0.2, -0.15) is 0 Å². The molecule has 36 heavy (non-hydrogen) atoms. The SMILES string of the molecule is CC[C@H](CN1CCCC1)Oc1cc(Cl)ccc1C1CCN(C(=O)[C@@H](Cc2ccc(Cl)cc2)NC)CC1. The van der Waals surface area contributed by atoms with Crippen LogP contribution in [-0.4, -0.2) is 67.6 Å². The second kappa shape index (κ2) is 13.1. The molecule has 196 valence electrons. The first-order chi connectivity index (χ1) is 17.5. The van der Waals surface area contributed by atoms with Gasteiger partial charge in [0.1, 0.15) is 11.9 Å². The molecule has 5 nitrogen and oxygen atoms in total. The lowest BCUT2D eigenvalue weighted by Crippen LogP contribution is -2.49. The maximum absolute atomic E-state index is 13.3. The molecule has 4 rings (SSSR count). The standard InChI is InChI=1S/C29H39Cl2N3O2/c1-3-25(20-33-14-4-5-15-33)36-28-19-24(31)10-11-26(28)22-12-16-34(17-13-22)29(35)27(32-2)18-21-6-8-23(30)9-7-21/h6-11,19,22,25,27,32H,3-5,12-18,20H2,1-2H3/t25-,27-/m1/s1. The first-order valence-corrected chi connectivity index (χ1v) is 14.1. The van der Waals surface area contributed by atoms with Crippen molar-refractivity contribution < 1.29 is 9.53 Å². The summed E-state index contributed by atoms with van der Waals surface area (Å²) < 4.78 is 6.57. The van der Waals surface area contributed by atoms with Crippen molar-refractivity contribution in [2.24, 2.45) is 0 Å². The van der Waals surface area contributed by atoms with Gasteiger partial charge in [0.25, 0.3) is 0 Å². The number of nitrogens with one attached hydrogen (secondary N) is 1. The van der Waals surface area contributed by atoms with Crippen LogP contribution in [0.3, 0.4) is 0 Å². The Labute approximate surface area is 226 Å². The Hall–Kier alpha value is -1.79. The van der Waals surface area contributed by atoms with E-state index in [0.717, 1.165) is 50.2 Å². The summed E-state index contributed by atoms with van der Waals surface area (Å²) in [5, 5.41) is 4.63. The fourth-order valence-corrected chi connectivity index (χ4v) is 5.72. The summed E-state index contributed by atoms with van der Waals surface area (Å²) >= 11 is 12.4. The van der Waals surface area contributed by atoms with Crippen molar-refractivity contribution in [2.75, 3.05) is 39.8 Å². The van der Waals surface area contributed by atoms with Crippen molar-refractivity contribution in [3.63, 3.8) is 0 Å². The van der Waals surface area contributed by atoms with Gasteiger partial charge < -0.3 is 15.0 Å². The number of carbonyl (C=O) groups is 1. The van der Waals surface area contributed by atoms with Gasteiger partial charge in [0.2, 0.25) is 5.91 Å². The molecule has 0 saturated carbocycles. The van der Waals surface area contributed by atoms with E-state index in [1.54, 1.807) is 0 Å². The van der Waals surface area contributed by atoms with E-state index in [1.807, 2.05) is 48.3 Å². The third-order valence-corrected chi connectivity index (χ3v) is 8.12. The van der Waals surface area contributed by atoms with E-state index in [0.29, 0.717) is 22.4 Å². The zero-order chi connectivity index (χ0) is 25.5. The fraction of sp³-hybridized carbons (Fsp3) is 0.552. The smallest absolute Gasteiger partial charge is 0.240 e. The van der Waals surface area contributed by atoms with Gasteiger partial charge in [0, 0.05) is 29.7 Å². The molecule has 1 N–H and O–H groups in total. The minimum atomic E-state index is -0.243. The van der Waals surface area contributed by atoms with Crippen molar-refractivity contribution >= 4 is 29.1 Å². The number of likely N-dealkylation sites (tertiary alicyclic amines) is 2. The quantitative estimate of drug-likeness (QED) is 0.421. The van der Waals surface area contributed by atoms with Gasteiger partial charge in [0.05, 0.1) is 6.04 Å². The second-order valence-corrected chi connectivity index (χ2v) is 11.0. The fourth-order valence-electron chi connectivity index (χ4n) is 5.43. The van der Waals surface area contributed by atoms with Gasteiger partial charge in [-0.25, -0.2) is 0 Å². The minimum absolute atomic E-state index is 0.159. The highest BCUT2D eigenvalue weighted by Gasteiger charge is 2.30. The van der Waals surface area contributed by atoms with Crippen molar-refractivity contribution in [1.29, 1.82) is 0 Å². The number of hydrogen-bond donors (Lipinski definition) is 1. The third-order valence-electron chi connectivity index (χ3n) is 7.63. The largest absolute Gasteiger partial charge is 0.489 e. The summed E-state index contributed by atoms with van der Waals surface area (Å²) in [6, 6.07) is 13.5. The molecule has 0 aliphatic carbocycles. The first-order valence-electron chi connectivity index (χ1n) is 13.4. The van der Waals surface area contributed by atoms with Crippen LogP contribution < -0.4 is 10.1 Å². The molecule has 1 amide bonds. The average molecular weight is 533 g/mol. The van der Waals surface area contributed by atoms with Gasteiger partial charge in [-0.05, 0) is 100.0 Å². The summed E-state index contributed by atoms with van der Waals surface area (Å²) in [5.41, 5.74) is 2.32. The Morgan fingerprint density at radius 3 is 2.33 bits per heavy atom. The number of amides is 1. The number of benzene rings is 2. The van der Waals surface area contributed by atoms with E-state index < -0.39 is 0 Å². The molecule has 2 atom stereocenters. The monoisotopic (exact) mass is 531 g/mol. The van der Waals surface area contributed by atoms with Crippen LogP contribution in [0.5, 0.6) is 5.75 Å². The molecule has 2 heterocycles. The lowest BCUT2D eigenvalue weighted by atomic mass is 9.88. The van der Waals surface area contributed by atoms with Crippen LogP contribution in [0.1, 0.15) is 56.1 Å². The lowest BCUT2D eigenvalue weighted by molar-refractivity contribution is -0.134. The number of halogens is 2. The van der Waals surface area contributed by atoms with Crippen LogP contribution >= 0.6 is 23.2 Å². The number of ether oxygens (including phenoxy) is 1. The molecule has 0 spiro atoms. The van der Waals surface area contributed by atoms with Crippen molar-refractivity contribution in [1.82, 2.24) is 15.1 Å². The van der Waals surface area contributed by atoms with E-state index in [4.69, 9.17) is 27.9 Å². The first kappa shape index (κ1) is 27.3. The molecule has 7 heteroatoms. The lowest BCUT2D eigenvalue weighted by Gasteiger charge is -2.35. The Balaban J connectivity index is 1.37. The van der Waals surface area contributed by atoms with Gasteiger partial charge in [-0.1, -0.05) is 48.3 Å². The van der Waals surface area contributed by atoms with E-state index in [9.17, 15) is 4.79 Å². The van der Waals surface area contributed by atoms with Crippen molar-refractivity contribution in [2.45, 2.75) is 63.5 Å². The van der Waals surface area contributed by atoms with Gasteiger partial charge in [-0.15, -0.1) is 0 Å². The number of likely N-dealkylation sites (N-methyl/N-ethyl adjacent to an activating group) is 1. The summed E-state index contributed by atoms with van der Waals surface area (Å²) in [4.78, 5) is 17.8. The molecule has 2 aromatic carbocycles. The topological polar surface area (TPSA) is 44.8 Å². The second-order valence-electron chi connectivity index (χ2n) is 10.1. The maximum atomic E-state index is 13.3. The third kappa shape index (κ3) is 7.16. The Bertz CT molecular complexity index is 987. The zero-order valence-corrected chi connectivity index (χ0v) is 23.0. The molecule has 2 aliphatic heterocycles. The minimum Gasteiger partial charge on any atom is -0.489 e. The number of hydrogen-bond acceptors (Lipinski definition) is 4. The molecular weight excluding hydrogens is 493 g/mol. The Morgan fingerprint density at radius 1 is 1.03 bits per heavy atom. The molecule has 2 aromatic rings. The highest BCUT2D eigenvalue weighted by atomic mass is 35.5. The maximum Gasteiger partial charge on any atom is 0.240 e. The number of nitrogens with zero attached hydrogens (tertiary/aromatic N) is 2. The summed E-state index contributed by atoms with van der Waals surface area (Å²) in [7, 11) is 1.86. The van der Waals surface area contributed by atoms with Crippen molar-refractivity contribution in [3.05, 3.63) is 63.6 Å². The van der Waals surface area contributed by atoms with E-state index >= 15 is 0 Å². The van der Waals surface area contributed by atoms with Crippen molar-refractivity contribution in [3.8, 4) is 5.75 Å². The van der Waals surface area contributed by atoms with Crippen LogP contribution in [-0.2, 0) is 11.2 Å². The van der Waals surface area contributed by atoms with Crippen LogP contribution in [0.2, 0.25) is 10.0 Å².